The van der Waals surface area contributed by atoms with Crippen LogP contribution in [0, 0.1) is 17.3 Å². The van der Waals surface area contributed by atoms with Crippen molar-refractivity contribution < 1.29 is 43.7 Å². The Balaban J connectivity index is 1.27. The Bertz CT molecular complexity index is 1470. The summed E-state index contributed by atoms with van der Waals surface area (Å²) in [4.78, 5) is 72.0. The standard InChI is InChI=1S/C34H45N5O9/c35-19-22-15-34(16-22)17-25(18-34)30(43)37-27(14-21-8-9-23-5-1-2-6-24(23)13-21)31(44)36-12-4-3-7-28(48-20-40)39-33(47)38-26(32(45)46)10-11-29(41)42/h1-2,5-6,8-9,13,20,22,25-28H,3-4,7,10-12,14-19,35H2,(H,36,44)(H,37,43)(H,41,42)(H,45,46)(H2,38,39,47)/t22?,25?,26-,27-,28+,34?/m0/s1. The number of nitrogens with two attached hydrogens (primary N) is 1. The Morgan fingerprint density at radius 2 is 1.65 bits per heavy atom. The summed E-state index contributed by atoms with van der Waals surface area (Å²) in [6.07, 6.45) is 3.24. The molecule has 0 unspecified atom stereocenters. The molecule has 1 spiro atoms. The number of nitrogens with one attached hydrogen (secondary N) is 4. The van der Waals surface area contributed by atoms with E-state index in [0.29, 0.717) is 31.7 Å². The predicted octanol–water partition coefficient (Wildman–Crippen LogP) is 2.04. The van der Waals surface area contributed by atoms with Crippen LogP contribution in [0.3, 0.4) is 0 Å². The molecule has 3 atom stereocenters. The van der Waals surface area contributed by atoms with Crippen molar-refractivity contribution in [1.82, 2.24) is 21.3 Å². The Labute approximate surface area is 278 Å². The highest BCUT2D eigenvalue weighted by Gasteiger charge is 2.54. The number of benzene rings is 2. The van der Waals surface area contributed by atoms with Gasteiger partial charge in [0, 0.05) is 31.7 Å². The maximum Gasteiger partial charge on any atom is 0.326 e. The topological polar surface area (TPSA) is 226 Å². The number of amides is 4. The zero-order valence-corrected chi connectivity index (χ0v) is 26.8. The van der Waals surface area contributed by atoms with Crippen molar-refractivity contribution in [3.8, 4) is 0 Å². The van der Waals surface area contributed by atoms with Crippen molar-refractivity contribution in [2.75, 3.05) is 13.1 Å². The van der Waals surface area contributed by atoms with E-state index in [1.165, 1.54) is 0 Å². The van der Waals surface area contributed by atoms with Crippen molar-refractivity contribution in [1.29, 1.82) is 0 Å². The number of hydrogen-bond acceptors (Lipinski definition) is 8. The molecule has 4 amide bonds. The molecule has 0 heterocycles. The molecule has 2 aliphatic rings. The largest absolute Gasteiger partial charge is 0.481 e. The zero-order valence-electron chi connectivity index (χ0n) is 26.8. The Morgan fingerprint density at radius 3 is 2.31 bits per heavy atom. The summed E-state index contributed by atoms with van der Waals surface area (Å²) in [6.45, 7) is 1.08. The first-order chi connectivity index (χ1) is 23.0. The number of fused-ring (bicyclic) bond motifs is 1. The molecule has 2 aromatic carbocycles. The quantitative estimate of drug-likeness (QED) is 0.0655. The van der Waals surface area contributed by atoms with Crippen LogP contribution < -0.4 is 27.0 Å². The van der Waals surface area contributed by atoms with Crippen LogP contribution in [-0.2, 0) is 35.1 Å². The summed E-state index contributed by atoms with van der Waals surface area (Å²) in [5.74, 6) is -2.64. The van der Waals surface area contributed by atoms with Crippen molar-refractivity contribution in [2.24, 2.45) is 23.0 Å². The number of carboxylic acid groups (broad SMARTS) is 2. The van der Waals surface area contributed by atoms with E-state index >= 15 is 0 Å². The number of hydrogen-bond donors (Lipinski definition) is 7. The molecule has 2 aliphatic carbocycles. The number of urea groups is 1. The second-order valence-electron chi connectivity index (χ2n) is 13.0. The molecule has 2 saturated carbocycles. The molecule has 2 aromatic rings. The fraction of sp³-hybridized carbons (Fsp3) is 0.529. The summed E-state index contributed by atoms with van der Waals surface area (Å²) >= 11 is 0. The molecular weight excluding hydrogens is 622 g/mol. The number of carbonyl (C=O) groups excluding carboxylic acids is 4. The first kappa shape index (κ1) is 36.1. The number of aliphatic carboxylic acids is 2. The number of rotatable bonds is 19. The first-order valence-electron chi connectivity index (χ1n) is 16.4. The summed E-state index contributed by atoms with van der Waals surface area (Å²) in [5, 5.41) is 30.5. The van der Waals surface area contributed by atoms with Gasteiger partial charge in [-0.2, -0.15) is 0 Å². The fourth-order valence-corrected chi connectivity index (χ4v) is 6.84. The number of unbranched alkanes of at least 4 members (excludes halogenated alkanes) is 1. The van der Waals surface area contributed by atoms with Gasteiger partial charge >= 0.3 is 18.0 Å². The molecule has 0 aromatic heterocycles. The van der Waals surface area contributed by atoms with E-state index in [9.17, 15) is 33.9 Å². The van der Waals surface area contributed by atoms with Gasteiger partial charge in [0.25, 0.3) is 6.47 Å². The van der Waals surface area contributed by atoms with Crippen LogP contribution in [0.15, 0.2) is 42.5 Å². The fourth-order valence-electron chi connectivity index (χ4n) is 6.84. The van der Waals surface area contributed by atoms with Gasteiger partial charge in [0.1, 0.15) is 12.1 Å². The molecule has 48 heavy (non-hydrogen) atoms. The Hall–Kier alpha value is -4.72. The highest BCUT2D eigenvalue weighted by atomic mass is 16.5. The van der Waals surface area contributed by atoms with Crippen LogP contribution in [0.25, 0.3) is 10.8 Å². The molecule has 0 aliphatic heterocycles. The van der Waals surface area contributed by atoms with E-state index in [4.69, 9.17) is 15.6 Å². The van der Waals surface area contributed by atoms with Crippen LogP contribution in [0.2, 0.25) is 0 Å². The highest BCUT2D eigenvalue weighted by molar-refractivity contribution is 5.89. The van der Waals surface area contributed by atoms with Crippen molar-refractivity contribution in [3.63, 3.8) is 0 Å². The zero-order chi connectivity index (χ0) is 34.7. The third-order valence-electron chi connectivity index (χ3n) is 9.35. The van der Waals surface area contributed by atoms with Crippen molar-refractivity contribution in [3.05, 3.63) is 48.0 Å². The van der Waals surface area contributed by atoms with Crippen molar-refractivity contribution in [2.45, 2.75) is 82.5 Å². The smallest absolute Gasteiger partial charge is 0.326 e. The van der Waals surface area contributed by atoms with Crippen LogP contribution in [0.4, 0.5) is 4.79 Å². The lowest BCUT2D eigenvalue weighted by Gasteiger charge is -2.57. The molecule has 14 heteroatoms. The van der Waals surface area contributed by atoms with Gasteiger partial charge in [-0.05, 0) is 79.2 Å². The Morgan fingerprint density at radius 1 is 0.917 bits per heavy atom. The van der Waals surface area contributed by atoms with E-state index < -0.39 is 42.7 Å². The SMILES string of the molecule is NCC1CC2(C1)CC(C(=O)N[C@@H](Cc1ccc3ccccc3c1)C(=O)NCCCC[C@H](NC(=O)N[C@@H](CCC(=O)O)C(=O)O)OC=O)C2. The van der Waals surface area contributed by atoms with E-state index in [1.807, 2.05) is 42.5 Å². The number of carbonyl (C=O) groups is 6. The molecule has 260 valence electrons. The van der Waals surface area contributed by atoms with Gasteiger partial charge in [-0.1, -0.05) is 42.5 Å². The molecule has 2 fully saturated rings. The summed E-state index contributed by atoms with van der Waals surface area (Å²) in [5.41, 5.74) is 6.92. The average molecular weight is 668 g/mol. The van der Waals surface area contributed by atoms with Crippen LogP contribution >= 0.6 is 0 Å². The monoisotopic (exact) mass is 667 g/mol. The lowest BCUT2D eigenvalue weighted by Crippen LogP contribution is -2.56. The molecule has 14 nitrogen and oxygen atoms in total. The van der Waals surface area contributed by atoms with Crippen molar-refractivity contribution >= 4 is 47.0 Å². The average Bonchev–Trinajstić information content (AvgIpc) is 3.01. The molecule has 0 radical (unpaired) electrons. The van der Waals surface area contributed by atoms with E-state index in [2.05, 4.69) is 21.3 Å². The highest BCUT2D eigenvalue weighted by Crippen LogP contribution is 2.60. The van der Waals surface area contributed by atoms with Gasteiger partial charge < -0.3 is 42.0 Å². The number of ether oxygens (including phenoxy) is 1. The minimum atomic E-state index is -1.44. The molecular formula is C34H45N5O9. The summed E-state index contributed by atoms with van der Waals surface area (Å²) in [7, 11) is 0. The van der Waals surface area contributed by atoms with E-state index in [0.717, 1.165) is 42.0 Å². The number of carboxylic acids is 2. The molecule has 4 rings (SSSR count). The second-order valence-corrected chi connectivity index (χ2v) is 13.0. The van der Waals surface area contributed by atoms with Gasteiger partial charge in [0.05, 0.1) is 0 Å². The van der Waals surface area contributed by atoms with E-state index in [1.54, 1.807) is 0 Å². The van der Waals surface area contributed by atoms with E-state index in [-0.39, 0.29) is 49.0 Å². The minimum absolute atomic E-state index is 0.121. The molecule has 0 saturated heterocycles. The summed E-state index contributed by atoms with van der Waals surface area (Å²) in [6, 6.07) is 10.7. The first-order valence-corrected chi connectivity index (χ1v) is 16.4. The normalized spacial score (nSPS) is 21.4. The van der Waals surface area contributed by atoms with Crippen LogP contribution in [-0.4, -0.2) is 77.9 Å². The third-order valence-corrected chi connectivity index (χ3v) is 9.35. The molecule has 8 N–H and O–H groups in total. The predicted molar refractivity (Wildman–Crippen MR) is 174 cm³/mol. The van der Waals surface area contributed by atoms with Gasteiger partial charge in [0.2, 0.25) is 11.8 Å². The van der Waals surface area contributed by atoms with Gasteiger partial charge in [-0.3, -0.25) is 19.2 Å². The lowest BCUT2D eigenvalue weighted by atomic mass is 9.48. The second kappa shape index (κ2) is 16.9. The van der Waals surface area contributed by atoms with Gasteiger partial charge in [-0.15, -0.1) is 0 Å². The maximum atomic E-state index is 13.4. The molecule has 0 bridgehead atoms. The lowest BCUT2D eigenvalue weighted by molar-refractivity contribution is -0.143. The van der Waals surface area contributed by atoms with Crippen LogP contribution in [0.1, 0.15) is 63.4 Å². The van der Waals surface area contributed by atoms with Gasteiger partial charge in [-0.25, -0.2) is 9.59 Å². The Kier molecular flexibility index (Phi) is 12.7. The minimum Gasteiger partial charge on any atom is -0.481 e. The maximum absolute atomic E-state index is 13.4. The van der Waals surface area contributed by atoms with Crippen LogP contribution in [0.5, 0.6) is 0 Å². The summed E-state index contributed by atoms with van der Waals surface area (Å²) < 4.78 is 4.90. The third kappa shape index (κ3) is 10.1. The van der Waals surface area contributed by atoms with Gasteiger partial charge in [0.15, 0.2) is 6.23 Å².